The molecule has 0 N–H and O–H groups in total. The van der Waals surface area contributed by atoms with Crippen molar-refractivity contribution in [2.24, 2.45) is 5.10 Å². The summed E-state index contributed by atoms with van der Waals surface area (Å²) in [5, 5.41) is 5.35. The van der Waals surface area contributed by atoms with Gasteiger partial charge < -0.3 is 9.47 Å². The zero-order chi connectivity index (χ0) is 24.9. The van der Waals surface area contributed by atoms with Crippen molar-refractivity contribution < 1.29 is 9.47 Å². The molecule has 0 bridgehead atoms. The molecule has 0 saturated carbocycles. The number of ether oxygens (including phenoxy) is 2. The van der Waals surface area contributed by atoms with E-state index in [9.17, 15) is 4.79 Å². The summed E-state index contributed by atoms with van der Waals surface area (Å²) in [4.78, 5) is 17.9. The summed E-state index contributed by atoms with van der Waals surface area (Å²) in [5.41, 5.74) is 3.27. The number of hydrogen-bond donors (Lipinski definition) is 0. The van der Waals surface area contributed by atoms with E-state index in [4.69, 9.17) is 21.1 Å². The van der Waals surface area contributed by atoms with Gasteiger partial charge >= 0.3 is 0 Å². The van der Waals surface area contributed by atoms with Gasteiger partial charge in [0.05, 0.1) is 29.2 Å². The van der Waals surface area contributed by atoms with Crippen molar-refractivity contribution >= 4 is 44.6 Å². The van der Waals surface area contributed by atoms with Crippen LogP contribution in [-0.2, 0) is 13.0 Å². The highest BCUT2D eigenvalue weighted by molar-refractivity contribution is 9.10. The van der Waals surface area contributed by atoms with Crippen LogP contribution >= 0.6 is 27.5 Å². The SMILES string of the molecule is CCCc1nc2ccc(Br)cc2c(=O)n1N=Cc1cc(Cl)c(OCc2cccc(C)c2)c(OC)c1. The average Bonchev–Trinajstić information content (AvgIpc) is 2.83. The maximum atomic E-state index is 13.2. The predicted molar refractivity (Wildman–Crippen MR) is 144 cm³/mol. The molecule has 0 radical (unpaired) electrons. The molecule has 180 valence electrons. The fourth-order valence-electron chi connectivity index (χ4n) is 3.74. The Morgan fingerprint density at radius 3 is 2.74 bits per heavy atom. The van der Waals surface area contributed by atoms with Gasteiger partial charge in [-0.3, -0.25) is 4.79 Å². The molecular weight excluding hydrogens is 530 g/mol. The monoisotopic (exact) mass is 553 g/mol. The number of rotatable bonds is 8. The second-order valence-corrected chi connectivity index (χ2v) is 9.44. The molecule has 0 aliphatic rings. The Hall–Kier alpha value is -3.16. The molecule has 0 unspecified atom stereocenters. The first-order valence-corrected chi connectivity index (χ1v) is 12.4. The van der Waals surface area contributed by atoms with Gasteiger partial charge in [0.25, 0.3) is 5.56 Å². The first-order chi connectivity index (χ1) is 16.9. The summed E-state index contributed by atoms with van der Waals surface area (Å²) in [6.45, 7) is 4.43. The van der Waals surface area contributed by atoms with Gasteiger partial charge in [-0.15, -0.1) is 0 Å². The van der Waals surface area contributed by atoms with Crippen LogP contribution in [0.3, 0.4) is 0 Å². The minimum Gasteiger partial charge on any atom is -0.493 e. The molecule has 4 aromatic rings. The molecule has 0 aliphatic carbocycles. The Kier molecular flexibility index (Phi) is 7.88. The van der Waals surface area contributed by atoms with Crippen molar-refractivity contribution in [1.82, 2.24) is 9.66 Å². The van der Waals surface area contributed by atoms with Gasteiger partial charge in [-0.05, 0) is 54.8 Å². The van der Waals surface area contributed by atoms with Gasteiger partial charge in [0.1, 0.15) is 12.4 Å². The number of aromatic nitrogens is 2. The van der Waals surface area contributed by atoms with E-state index in [1.807, 2.05) is 44.2 Å². The number of methoxy groups -OCH3 is 1. The van der Waals surface area contributed by atoms with Crippen LogP contribution in [-0.4, -0.2) is 23.0 Å². The Labute approximate surface area is 217 Å². The van der Waals surface area contributed by atoms with E-state index in [-0.39, 0.29) is 5.56 Å². The van der Waals surface area contributed by atoms with Crippen molar-refractivity contribution in [2.45, 2.75) is 33.3 Å². The highest BCUT2D eigenvalue weighted by Gasteiger charge is 2.14. The maximum absolute atomic E-state index is 13.2. The van der Waals surface area contributed by atoms with E-state index in [0.29, 0.717) is 51.8 Å². The van der Waals surface area contributed by atoms with Gasteiger partial charge in [-0.25, -0.2) is 4.98 Å². The largest absolute Gasteiger partial charge is 0.493 e. The average molecular weight is 555 g/mol. The van der Waals surface area contributed by atoms with Crippen LogP contribution in [0.4, 0.5) is 0 Å². The third-order valence-electron chi connectivity index (χ3n) is 5.39. The molecule has 1 aromatic heterocycles. The number of fused-ring (bicyclic) bond motifs is 1. The van der Waals surface area contributed by atoms with Gasteiger partial charge in [-0.1, -0.05) is 64.3 Å². The van der Waals surface area contributed by atoms with E-state index in [2.05, 4.69) is 32.1 Å². The number of halogens is 2. The normalized spacial score (nSPS) is 11.3. The van der Waals surface area contributed by atoms with Crippen LogP contribution in [0.1, 0.15) is 35.9 Å². The summed E-state index contributed by atoms with van der Waals surface area (Å²) in [5.74, 6) is 1.53. The molecule has 4 rings (SSSR count). The zero-order valence-corrected chi connectivity index (χ0v) is 22.1. The van der Waals surface area contributed by atoms with Crippen molar-refractivity contribution in [3.8, 4) is 11.5 Å². The zero-order valence-electron chi connectivity index (χ0n) is 19.7. The molecule has 0 fully saturated rings. The van der Waals surface area contributed by atoms with E-state index in [1.165, 1.54) is 4.68 Å². The quantitative estimate of drug-likeness (QED) is 0.232. The Bertz CT molecular complexity index is 1470. The van der Waals surface area contributed by atoms with Gasteiger partial charge in [0, 0.05) is 10.9 Å². The maximum Gasteiger partial charge on any atom is 0.282 e. The summed E-state index contributed by atoms with van der Waals surface area (Å²) in [7, 11) is 1.56. The standard InChI is InChI=1S/C27H25BrClN3O3/c1-4-6-25-31-23-10-9-20(28)14-21(23)27(33)32(25)30-15-19-12-22(29)26(24(13-19)34-3)35-16-18-8-5-7-17(2)11-18/h5,7-15H,4,6,16H2,1-3H3. The molecule has 1 heterocycles. The van der Waals surface area contributed by atoms with E-state index >= 15 is 0 Å². The van der Waals surface area contributed by atoms with Crippen LogP contribution < -0.4 is 15.0 Å². The minimum absolute atomic E-state index is 0.229. The highest BCUT2D eigenvalue weighted by Crippen LogP contribution is 2.36. The third kappa shape index (κ3) is 5.74. The Balaban J connectivity index is 1.67. The lowest BCUT2D eigenvalue weighted by atomic mass is 10.1. The van der Waals surface area contributed by atoms with Crippen molar-refractivity contribution in [3.05, 3.63) is 97.0 Å². The van der Waals surface area contributed by atoms with Crippen LogP contribution in [0.25, 0.3) is 10.9 Å². The first kappa shape index (κ1) is 24.9. The number of benzene rings is 3. The van der Waals surface area contributed by atoms with E-state index < -0.39 is 0 Å². The molecule has 0 amide bonds. The molecular formula is C27H25BrClN3O3. The molecule has 0 atom stereocenters. The number of aryl methyl sites for hydroxylation is 2. The third-order valence-corrected chi connectivity index (χ3v) is 6.16. The van der Waals surface area contributed by atoms with Crippen LogP contribution in [0.2, 0.25) is 5.02 Å². The van der Waals surface area contributed by atoms with Gasteiger partial charge in [0.15, 0.2) is 11.5 Å². The summed E-state index contributed by atoms with van der Waals surface area (Å²) in [6.07, 6.45) is 3.02. The lowest BCUT2D eigenvalue weighted by Gasteiger charge is -2.14. The lowest BCUT2D eigenvalue weighted by molar-refractivity contribution is 0.284. The second kappa shape index (κ2) is 11.1. The topological polar surface area (TPSA) is 65.7 Å². The molecule has 35 heavy (non-hydrogen) atoms. The van der Waals surface area contributed by atoms with E-state index in [0.717, 1.165) is 22.0 Å². The van der Waals surface area contributed by atoms with Crippen molar-refractivity contribution in [1.29, 1.82) is 0 Å². The summed E-state index contributed by atoms with van der Waals surface area (Å²) < 4.78 is 13.7. The molecule has 6 nitrogen and oxygen atoms in total. The molecule has 0 saturated heterocycles. The van der Waals surface area contributed by atoms with Crippen molar-refractivity contribution in [3.63, 3.8) is 0 Å². The smallest absolute Gasteiger partial charge is 0.282 e. The summed E-state index contributed by atoms with van der Waals surface area (Å²) >= 11 is 9.97. The molecule has 0 spiro atoms. The Morgan fingerprint density at radius 1 is 1.17 bits per heavy atom. The number of hydrogen-bond acceptors (Lipinski definition) is 5. The molecule has 8 heteroatoms. The van der Waals surface area contributed by atoms with Crippen LogP contribution in [0.5, 0.6) is 11.5 Å². The highest BCUT2D eigenvalue weighted by atomic mass is 79.9. The van der Waals surface area contributed by atoms with E-state index in [1.54, 1.807) is 31.5 Å². The van der Waals surface area contributed by atoms with Gasteiger partial charge in [0.2, 0.25) is 0 Å². The second-order valence-electron chi connectivity index (χ2n) is 8.11. The number of nitrogens with zero attached hydrogens (tertiary/aromatic N) is 3. The molecule has 3 aromatic carbocycles. The van der Waals surface area contributed by atoms with Crippen LogP contribution in [0, 0.1) is 6.92 Å². The molecule has 0 aliphatic heterocycles. The lowest BCUT2D eigenvalue weighted by Crippen LogP contribution is -2.22. The van der Waals surface area contributed by atoms with Gasteiger partial charge in [-0.2, -0.15) is 9.78 Å². The Morgan fingerprint density at radius 2 is 2.00 bits per heavy atom. The first-order valence-electron chi connectivity index (χ1n) is 11.2. The van der Waals surface area contributed by atoms with Crippen LogP contribution in [0.15, 0.2) is 69.0 Å². The fraction of sp³-hybridized carbons (Fsp3) is 0.222. The fourth-order valence-corrected chi connectivity index (χ4v) is 4.37. The minimum atomic E-state index is -0.229. The predicted octanol–water partition coefficient (Wildman–Crippen LogP) is 6.54. The van der Waals surface area contributed by atoms with Crippen molar-refractivity contribution in [2.75, 3.05) is 7.11 Å². The summed E-state index contributed by atoms with van der Waals surface area (Å²) in [6, 6.07) is 17.0.